The molecule has 0 radical (unpaired) electrons. The largest absolute Gasteiger partial charge is 0.383 e. The zero-order valence-electron chi connectivity index (χ0n) is 14.0. The Morgan fingerprint density at radius 1 is 1.35 bits per heavy atom. The van der Waals surface area contributed by atoms with E-state index in [0.29, 0.717) is 29.0 Å². The second kappa shape index (κ2) is 8.53. The molecule has 136 valence electrons. The van der Waals surface area contributed by atoms with E-state index >= 15 is 0 Å². The Bertz CT molecular complexity index is 932. The third kappa shape index (κ3) is 4.55. The van der Waals surface area contributed by atoms with Crippen LogP contribution in [-0.2, 0) is 16.1 Å². The van der Waals surface area contributed by atoms with Crippen molar-refractivity contribution in [2.75, 3.05) is 24.8 Å². The van der Waals surface area contributed by atoms with Gasteiger partial charge >= 0.3 is 0 Å². The van der Waals surface area contributed by atoms with Crippen molar-refractivity contribution in [3.8, 4) is 0 Å². The van der Waals surface area contributed by atoms with Crippen molar-refractivity contribution >= 4 is 46.0 Å². The van der Waals surface area contributed by atoms with Gasteiger partial charge in [0.05, 0.1) is 23.4 Å². The lowest BCUT2D eigenvalue weighted by Gasteiger charge is -2.08. The fourth-order valence-corrected chi connectivity index (χ4v) is 3.49. The van der Waals surface area contributed by atoms with Gasteiger partial charge in [-0.05, 0) is 36.4 Å². The van der Waals surface area contributed by atoms with E-state index in [4.69, 9.17) is 16.3 Å². The van der Waals surface area contributed by atoms with Gasteiger partial charge in [0, 0.05) is 24.4 Å². The fraction of sp³-hybridized carbons (Fsp3) is 0.222. The molecule has 0 aliphatic rings. The first-order valence-corrected chi connectivity index (χ1v) is 9.26. The summed E-state index contributed by atoms with van der Waals surface area (Å²) in [7, 11) is 1.63. The van der Waals surface area contributed by atoms with E-state index in [1.807, 2.05) is 10.6 Å². The Morgan fingerprint density at radius 3 is 2.96 bits per heavy atom. The average molecular weight is 394 g/mol. The summed E-state index contributed by atoms with van der Waals surface area (Å²) < 4.78 is 20.4. The molecular formula is C18H17ClFN3O2S. The molecule has 1 N–H and O–H groups in total. The number of amides is 1. The number of methoxy groups -OCH3 is 1. The number of aromatic nitrogens is 2. The van der Waals surface area contributed by atoms with Crippen molar-refractivity contribution in [2.45, 2.75) is 11.7 Å². The molecule has 1 amide bonds. The van der Waals surface area contributed by atoms with Crippen molar-refractivity contribution in [1.82, 2.24) is 9.55 Å². The summed E-state index contributed by atoms with van der Waals surface area (Å²) in [6.07, 6.45) is 0. The number of hydrogen-bond acceptors (Lipinski definition) is 4. The van der Waals surface area contributed by atoms with Crippen LogP contribution in [0.3, 0.4) is 0 Å². The molecule has 0 aliphatic carbocycles. The molecule has 0 saturated heterocycles. The Kier molecular flexibility index (Phi) is 6.13. The Hall–Kier alpha value is -2.09. The molecule has 0 bridgehead atoms. The lowest BCUT2D eigenvalue weighted by molar-refractivity contribution is -0.113. The molecule has 26 heavy (non-hydrogen) atoms. The van der Waals surface area contributed by atoms with Crippen LogP contribution in [0.5, 0.6) is 0 Å². The van der Waals surface area contributed by atoms with Crippen LogP contribution in [0.2, 0.25) is 5.02 Å². The number of nitrogens with zero attached hydrogens (tertiary/aromatic N) is 2. The van der Waals surface area contributed by atoms with E-state index in [9.17, 15) is 9.18 Å². The molecule has 3 rings (SSSR count). The predicted octanol–water partition coefficient (Wildman–Crippen LogP) is 4.21. The first-order chi connectivity index (χ1) is 12.6. The van der Waals surface area contributed by atoms with Crippen molar-refractivity contribution in [3.05, 3.63) is 53.3 Å². The van der Waals surface area contributed by atoms with Gasteiger partial charge in [-0.2, -0.15) is 0 Å². The van der Waals surface area contributed by atoms with E-state index in [1.54, 1.807) is 31.4 Å². The van der Waals surface area contributed by atoms with Crippen LogP contribution in [0.25, 0.3) is 11.0 Å². The third-order valence-corrected chi connectivity index (χ3v) is 4.85. The van der Waals surface area contributed by atoms with Crippen molar-refractivity contribution in [3.63, 3.8) is 0 Å². The molecule has 1 aromatic heterocycles. The number of imidazole rings is 1. The van der Waals surface area contributed by atoms with Crippen LogP contribution >= 0.6 is 23.4 Å². The highest BCUT2D eigenvalue weighted by molar-refractivity contribution is 7.99. The molecule has 2 aromatic carbocycles. The normalized spacial score (nSPS) is 11.0. The summed E-state index contributed by atoms with van der Waals surface area (Å²) in [4.78, 5) is 16.7. The summed E-state index contributed by atoms with van der Waals surface area (Å²) in [5, 5.41) is 3.98. The van der Waals surface area contributed by atoms with Gasteiger partial charge in [-0.3, -0.25) is 4.79 Å². The van der Waals surface area contributed by atoms with Crippen LogP contribution in [0.4, 0.5) is 10.1 Å². The Labute approximate surface area is 159 Å². The zero-order chi connectivity index (χ0) is 18.5. The number of benzene rings is 2. The van der Waals surface area contributed by atoms with Crippen LogP contribution in [0.1, 0.15) is 0 Å². The third-order valence-electron chi connectivity index (χ3n) is 3.64. The number of ether oxygens (including phenoxy) is 1. The summed E-state index contributed by atoms with van der Waals surface area (Å²) in [6, 6.07) is 11.3. The second-order valence-corrected chi connectivity index (χ2v) is 6.90. The van der Waals surface area contributed by atoms with Crippen LogP contribution in [-0.4, -0.2) is 34.9 Å². The highest BCUT2D eigenvalue weighted by Gasteiger charge is 2.13. The molecule has 0 spiro atoms. The summed E-state index contributed by atoms with van der Waals surface area (Å²) in [5.74, 6) is -0.474. The minimum absolute atomic E-state index is 0.153. The Morgan fingerprint density at radius 2 is 2.19 bits per heavy atom. The first kappa shape index (κ1) is 18.7. The predicted molar refractivity (Wildman–Crippen MR) is 102 cm³/mol. The second-order valence-electron chi connectivity index (χ2n) is 5.52. The number of nitrogens with one attached hydrogen (secondary N) is 1. The maximum Gasteiger partial charge on any atom is 0.234 e. The SMILES string of the molecule is COCCn1c(SCC(=O)Nc2cccc(F)c2)nc2cc(Cl)ccc21. The number of anilines is 1. The number of carbonyl (C=O) groups is 1. The van der Waals surface area contributed by atoms with Gasteiger partial charge in [-0.25, -0.2) is 9.37 Å². The molecule has 3 aromatic rings. The van der Waals surface area contributed by atoms with E-state index in [1.165, 1.54) is 23.9 Å². The first-order valence-electron chi connectivity index (χ1n) is 7.90. The molecule has 0 aliphatic heterocycles. The molecule has 1 heterocycles. The Balaban J connectivity index is 1.73. The molecule has 5 nitrogen and oxygen atoms in total. The topological polar surface area (TPSA) is 56.1 Å². The monoisotopic (exact) mass is 393 g/mol. The standard InChI is InChI=1S/C18H17ClFN3O2S/c1-25-8-7-23-16-6-5-12(19)9-15(16)22-18(23)26-11-17(24)21-14-4-2-3-13(20)10-14/h2-6,9-10H,7-8,11H2,1H3,(H,21,24). The summed E-state index contributed by atoms with van der Waals surface area (Å²) >= 11 is 7.35. The van der Waals surface area contributed by atoms with E-state index in [0.717, 1.165) is 11.0 Å². The number of hydrogen-bond donors (Lipinski definition) is 1. The smallest absolute Gasteiger partial charge is 0.234 e. The fourth-order valence-electron chi connectivity index (χ4n) is 2.48. The lowest BCUT2D eigenvalue weighted by Crippen LogP contribution is -2.15. The maximum absolute atomic E-state index is 13.2. The number of rotatable bonds is 7. The van der Waals surface area contributed by atoms with E-state index < -0.39 is 5.82 Å². The number of carbonyl (C=O) groups excluding carboxylic acids is 1. The van der Waals surface area contributed by atoms with Gasteiger partial charge in [-0.15, -0.1) is 0 Å². The minimum Gasteiger partial charge on any atom is -0.383 e. The van der Waals surface area contributed by atoms with Gasteiger partial charge < -0.3 is 14.6 Å². The lowest BCUT2D eigenvalue weighted by atomic mass is 10.3. The number of thioether (sulfide) groups is 1. The van der Waals surface area contributed by atoms with Crippen LogP contribution < -0.4 is 5.32 Å². The van der Waals surface area contributed by atoms with Gasteiger partial charge in [0.1, 0.15) is 5.82 Å². The zero-order valence-corrected chi connectivity index (χ0v) is 15.6. The van der Waals surface area contributed by atoms with Crippen molar-refractivity contribution in [2.24, 2.45) is 0 Å². The molecule has 0 unspecified atom stereocenters. The van der Waals surface area contributed by atoms with Crippen molar-refractivity contribution < 1.29 is 13.9 Å². The highest BCUT2D eigenvalue weighted by atomic mass is 35.5. The van der Waals surface area contributed by atoms with Gasteiger partial charge in [0.15, 0.2) is 5.16 Å². The van der Waals surface area contributed by atoms with E-state index in [-0.39, 0.29) is 11.7 Å². The molecular weight excluding hydrogens is 377 g/mol. The number of halogens is 2. The average Bonchev–Trinajstić information content (AvgIpc) is 2.94. The van der Waals surface area contributed by atoms with Gasteiger partial charge in [0.25, 0.3) is 0 Å². The maximum atomic E-state index is 13.2. The van der Waals surface area contributed by atoms with Crippen LogP contribution in [0, 0.1) is 5.82 Å². The molecule has 0 saturated carbocycles. The van der Waals surface area contributed by atoms with Crippen LogP contribution in [0.15, 0.2) is 47.6 Å². The highest BCUT2D eigenvalue weighted by Crippen LogP contribution is 2.26. The van der Waals surface area contributed by atoms with Gasteiger partial charge in [0.2, 0.25) is 5.91 Å². The van der Waals surface area contributed by atoms with Crippen molar-refractivity contribution in [1.29, 1.82) is 0 Å². The summed E-state index contributed by atoms with van der Waals surface area (Å²) in [5.41, 5.74) is 2.12. The summed E-state index contributed by atoms with van der Waals surface area (Å²) in [6.45, 7) is 1.14. The quantitative estimate of drug-likeness (QED) is 0.611. The minimum atomic E-state index is -0.395. The van der Waals surface area contributed by atoms with E-state index in [2.05, 4.69) is 10.3 Å². The van der Waals surface area contributed by atoms with Gasteiger partial charge in [-0.1, -0.05) is 29.4 Å². The molecule has 8 heteroatoms. The molecule has 0 atom stereocenters. The number of fused-ring (bicyclic) bond motifs is 1. The molecule has 0 fully saturated rings.